The molecule has 0 spiro atoms. The van der Waals surface area contributed by atoms with Gasteiger partial charge in [-0.1, -0.05) is 30.3 Å². The summed E-state index contributed by atoms with van der Waals surface area (Å²) in [6, 6.07) is 14.1. The molecular formula is C15H9N2O. The first kappa shape index (κ1) is 9.48. The third-order valence-corrected chi connectivity index (χ3v) is 3.13. The Morgan fingerprint density at radius 1 is 1.00 bits per heavy atom. The van der Waals surface area contributed by atoms with Crippen LogP contribution in [0.25, 0.3) is 33.2 Å². The molecule has 3 nitrogen and oxygen atoms in total. The van der Waals surface area contributed by atoms with E-state index in [0.717, 1.165) is 33.2 Å². The predicted octanol–water partition coefficient (Wildman–Crippen LogP) is 3.78. The van der Waals surface area contributed by atoms with Crippen molar-refractivity contribution < 1.29 is 4.42 Å². The Hall–Kier alpha value is -2.55. The minimum atomic E-state index is 0.882. The molecule has 0 saturated carbocycles. The second-order valence-electron chi connectivity index (χ2n) is 4.17. The van der Waals surface area contributed by atoms with Gasteiger partial charge in [0, 0.05) is 22.5 Å². The summed E-state index contributed by atoms with van der Waals surface area (Å²) in [5, 5.41) is 2.22. The van der Waals surface area contributed by atoms with Crippen LogP contribution in [0.1, 0.15) is 0 Å². The molecule has 4 rings (SSSR count). The Morgan fingerprint density at radius 3 is 2.78 bits per heavy atom. The lowest BCUT2D eigenvalue weighted by molar-refractivity contribution is 0.669. The summed E-state index contributed by atoms with van der Waals surface area (Å²) < 4.78 is 5.84. The summed E-state index contributed by atoms with van der Waals surface area (Å²) in [5.41, 5.74) is 3.73. The van der Waals surface area contributed by atoms with Crippen molar-refractivity contribution in [3.63, 3.8) is 0 Å². The molecule has 0 unspecified atom stereocenters. The summed E-state index contributed by atoms with van der Waals surface area (Å²) in [4.78, 5) is 7.07. The van der Waals surface area contributed by atoms with Gasteiger partial charge in [0.15, 0.2) is 6.33 Å². The van der Waals surface area contributed by atoms with Crippen molar-refractivity contribution in [3.05, 3.63) is 55.0 Å². The first-order chi connectivity index (χ1) is 8.93. The van der Waals surface area contributed by atoms with Gasteiger partial charge < -0.3 is 9.40 Å². The number of nitrogens with one attached hydrogen (secondary N) is 1. The van der Waals surface area contributed by atoms with Gasteiger partial charge in [0.2, 0.25) is 0 Å². The molecule has 0 atom stereocenters. The summed E-state index contributed by atoms with van der Waals surface area (Å²) in [7, 11) is 0. The number of para-hydroxylation sites is 1. The normalized spacial score (nSPS) is 11.3. The lowest BCUT2D eigenvalue weighted by atomic mass is 10.0. The van der Waals surface area contributed by atoms with Gasteiger partial charge in [0.1, 0.15) is 11.2 Å². The molecule has 0 saturated heterocycles. The number of hydrogen-bond acceptors (Lipinski definition) is 2. The van der Waals surface area contributed by atoms with E-state index < -0.39 is 0 Å². The number of furan rings is 1. The van der Waals surface area contributed by atoms with Crippen molar-refractivity contribution in [1.29, 1.82) is 0 Å². The predicted molar refractivity (Wildman–Crippen MR) is 70.1 cm³/mol. The summed E-state index contributed by atoms with van der Waals surface area (Å²) in [6.07, 6.45) is 4.57. The molecule has 3 heteroatoms. The highest BCUT2D eigenvalue weighted by atomic mass is 16.3. The van der Waals surface area contributed by atoms with Crippen LogP contribution in [0.3, 0.4) is 0 Å². The zero-order chi connectivity index (χ0) is 11.9. The highest BCUT2D eigenvalue weighted by Gasteiger charge is 2.12. The number of imidazole rings is 1. The molecule has 0 fully saturated rings. The molecule has 85 valence electrons. The van der Waals surface area contributed by atoms with E-state index in [0.29, 0.717) is 0 Å². The lowest BCUT2D eigenvalue weighted by Crippen LogP contribution is -1.78. The van der Waals surface area contributed by atoms with E-state index >= 15 is 0 Å². The van der Waals surface area contributed by atoms with Gasteiger partial charge in [-0.05, 0) is 12.1 Å². The van der Waals surface area contributed by atoms with Crippen LogP contribution in [-0.2, 0) is 0 Å². The van der Waals surface area contributed by atoms with Crippen LogP contribution in [0.4, 0.5) is 0 Å². The molecule has 18 heavy (non-hydrogen) atoms. The molecule has 4 aromatic rings. The first-order valence-electron chi connectivity index (χ1n) is 5.75. The second kappa shape index (κ2) is 3.47. The van der Waals surface area contributed by atoms with Crippen LogP contribution < -0.4 is 0 Å². The van der Waals surface area contributed by atoms with E-state index in [1.807, 2.05) is 42.6 Å². The topological polar surface area (TPSA) is 41.8 Å². The Kier molecular flexibility index (Phi) is 1.83. The molecule has 2 aromatic carbocycles. The Morgan fingerprint density at radius 2 is 1.89 bits per heavy atom. The van der Waals surface area contributed by atoms with Crippen LogP contribution in [0, 0.1) is 6.33 Å². The number of benzene rings is 2. The van der Waals surface area contributed by atoms with Gasteiger partial charge in [0.05, 0.1) is 5.69 Å². The van der Waals surface area contributed by atoms with Crippen molar-refractivity contribution in [2.75, 3.05) is 0 Å². The fourth-order valence-electron chi connectivity index (χ4n) is 2.35. The maximum absolute atomic E-state index is 5.84. The standard InChI is InChI=1S/C15H9N2O/c1-2-6-13-11(4-1)15-10(12-8-16-9-17-12)5-3-7-14(15)18-13/h1-8H,(H,16,17). The number of rotatable bonds is 1. The van der Waals surface area contributed by atoms with Gasteiger partial charge in [-0.25, -0.2) is 4.98 Å². The summed E-state index contributed by atoms with van der Waals surface area (Å²) in [5.74, 6) is 0. The summed E-state index contributed by atoms with van der Waals surface area (Å²) in [6.45, 7) is 0. The van der Waals surface area contributed by atoms with E-state index in [9.17, 15) is 0 Å². The number of aromatic amines is 1. The molecule has 1 radical (unpaired) electrons. The average Bonchev–Trinajstić information content (AvgIpc) is 3.05. The van der Waals surface area contributed by atoms with Crippen molar-refractivity contribution in [2.45, 2.75) is 0 Å². The number of H-pyrrole nitrogens is 1. The molecule has 0 amide bonds. The number of hydrogen-bond donors (Lipinski definition) is 1. The average molecular weight is 233 g/mol. The minimum Gasteiger partial charge on any atom is -0.456 e. The van der Waals surface area contributed by atoms with Crippen molar-refractivity contribution >= 4 is 21.9 Å². The van der Waals surface area contributed by atoms with Gasteiger partial charge in [-0.15, -0.1) is 0 Å². The Bertz CT molecular complexity index is 828. The SMILES string of the molecule is [c]1nc(-c2cccc3oc4ccccc4c23)c[nH]1. The van der Waals surface area contributed by atoms with Gasteiger partial charge in [-0.3, -0.25) is 0 Å². The summed E-state index contributed by atoms with van der Waals surface area (Å²) >= 11 is 0. The van der Waals surface area contributed by atoms with Crippen LogP contribution in [-0.4, -0.2) is 9.97 Å². The van der Waals surface area contributed by atoms with E-state index in [1.165, 1.54) is 0 Å². The first-order valence-corrected chi connectivity index (χ1v) is 5.75. The van der Waals surface area contributed by atoms with E-state index in [1.54, 1.807) is 0 Å². The van der Waals surface area contributed by atoms with E-state index in [4.69, 9.17) is 4.42 Å². The number of nitrogens with zero attached hydrogens (tertiary/aromatic N) is 1. The van der Waals surface area contributed by atoms with Crippen LogP contribution in [0.5, 0.6) is 0 Å². The Balaban J connectivity index is 2.21. The Labute approximate surface area is 103 Å². The van der Waals surface area contributed by atoms with Crippen LogP contribution in [0.15, 0.2) is 53.1 Å². The van der Waals surface area contributed by atoms with Gasteiger partial charge in [-0.2, -0.15) is 0 Å². The number of aromatic nitrogens is 2. The van der Waals surface area contributed by atoms with Crippen molar-refractivity contribution in [2.24, 2.45) is 0 Å². The fraction of sp³-hybridized carbons (Fsp3) is 0. The monoisotopic (exact) mass is 233 g/mol. The smallest absolute Gasteiger partial charge is 0.174 e. The molecule has 0 aliphatic heterocycles. The third kappa shape index (κ3) is 1.21. The van der Waals surface area contributed by atoms with E-state index in [2.05, 4.69) is 22.4 Å². The molecular weight excluding hydrogens is 224 g/mol. The zero-order valence-corrected chi connectivity index (χ0v) is 9.47. The van der Waals surface area contributed by atoms with Crippen molar-refractivity contribution in [3.8, 4) is 11.3 Å². The third-order valence-electron chi connectivity index (χ3n) is 3.13. The maximum Gasteiger partial charge on any atom is 0.174 e. The minimum absolute atomic E-state index is 0.882. The molecule has 0 bridgehead atoms. The molecule has 2 aromatic heterocycles. The van der Waals surface area contributed by atoms with Gasteiger partial charge in [0.25, 0.3) is 0 Å². The molecule has 0 aliphatic rings. The second-order valence-corrected chi connectivity index (χ2v) is 4.17. The quantitative estimate of drug-likeness (QED) is 0.543. The molecule has 2 heterocycles. The van der Waals surface area contributed by atoms with E-state index in [-0.39, 0.29) is 0 Å². The largest absolute Gasteiger partial charge is 0.456 e. The van der Waals surface area contributed by atoms with Crippen LogP contribution in [0.2, 0.25) is 0 Å². The highest BCUT2D eigenvalue weighted by Crippen LogP contribution is 2.35. The lowest BCUT2D eigenvalue weighted by Gasteiger charge is -1.98. The highest BCUT2D eigenvalue weighted by molar-refractivity contribution is 6.11. The maximum atomic E-state index is 5.84. The molecule has 0 aliphatic carbocycles. The van der Waals surface area contributed by atoms with Gasteiger partial charge >= 0.3 is 0 Å². The molecule has 1 N–H and O–H groups in total. The zero-order valence-electron chi connectivity index (χ0n) is 9.47. The van der Waals surface area contributed by atoms with Crippen molar-refractivity contribution in [1.82, 2.24) is 9.97 Å². The van der Waals surface area contributed by atoms with Crippen LogP contribution >= 0.6 is 0 Å². The number of fused-ring (bicyclic) bond motifs is 3. The fourth-order valence-corrected chi connectivity index (χ4v) is 2.35.